The zero-order valence-corrected chi connectivity index (χ0v) is 19.3. The molecule has 5 rings (SSSR count). The van der Waals surface area contributed by atoms with Crippen LogP contribution < -0.4 is 25.1 Å². The minimum Gasteiger partial charge on any atom is -0.497 e. The monoisotopic (exact) mass is 466 g/mol. The lowest BCUT2D eigenvalue weighted by Gasteiger charge is -2.32. The van der Waals surface area contributed by atoms with Crippen LogP contribution in [0.5, 0.6) is 17.2 Å². The predicted octanol–water partition coefficient (Wildman–Crippen LogP) is 2.28. The zero-order chi connectivity index (χ0) is 23.5. The van der Waals surface area contributed by atoms with E-state index in [2.05, 4.69) is 15.3 Å². The van der Waals surface area contributed by atoms with Crippen LogP contribution in [-0.4, -0.2) is 52.1 Å². The van der Waals surface area contributed by atoms with Crippen molar-refractivity contribution in [2.24, 2.45) is 5.92 Å². The molecule has 0 unspecified atom stereocenters. The molecule has 9 heteroatoms. The van der Waals surface area contributed by atoms with Gasteiger partial charge in [-0.3, -0.25) is 9.78 Å². The molecule has 1 saturated carbocycles. The normalized spacial score (nSPS) is 20.8. The van der Waals surface area contributed by atoms with Gasteiger partial charge in [-0.25, -0.2) is 4.98 Å². The van der Waals surface area contributed by atoms with Gasteiger partial charge in [-0.15, -0.1) is 0 Å². The van der Waals surface area contributed by atoms with Crippen LogP contribution in [0, 0.1) is 5.92 Å². The summed E-state index contributed by atoms with van der Waals surface area (Å²) in [4.78, 5) is 21.2. The number of rotatable bonds is 7. The third-order valence-electron chi connectivity index (χ3n) is 6.80. The smallest absolute Gasteiger partial charge is 0.269 e. The van der Waals surface area contributed by atoms with Crippen molar-refractivity contribution < 1.29 is 19.3 Å². The molecule has 1 fully saturated rings. The molecule has 1 aliphatic carbocycles. The fourth-order valence-electron chi connectivity index (χ4n) is 4.84. The second-order valence-electron chi connectivity index (χ2n) is 8.94. The maximum absolute atomic E-state index is 12.5. The van der Waals surface area contributed by atoms with Crippen LogP contribution in [-0.2, 0) is 13.1 Å². The quantitative estimate of drug-likeness (QED) is 0.546. The summed E-state index contributed by atoms with van der Waals surface area (Å²) in [6.45, 7) is 2.02. The van der Waals surface area contributed by atoms with Crippen molar-refractivity contribution in [2.75, 3.05) is 20.3 Å². The SMILES string of the molecule is COc1ccc2ncc(=O)n(C[C@H](O)C3CCC(NCc4cc5c(cn4)OCCO5)CC3)c2c1. The second kappa shape index (κ2) is 9.99. The van der Waals surface area contributed by atoms with Crippen LogP contribution in [0.3, 0.4) is 0 Å². The zero-order valence-electron chi connectivity index (χ0n) is 19.3. The summed E-state index contributed by atoms with van der Waals surface area (Å²) >= 11 is 0. The van der Waals surface area contributed by atoms with Crippen molar-refractivity contribution in [3.8, 4) is 17.2 Å². The number of methoxy groups -OCH3 is 1. The number of ether oxygens (including phenoxy) is 3. The van der Waals surface area contributed by atoms with E-state index < -0.39 is 6.10 Å². The Bertz CT molecular complexity index is 1210. The van der Waals surface area contributed by atoms with Gasteiger partial charge in [-0.1, -0.05) is 0 Å². The predicted molar refractivity (Wildman–Crippen MR) is 126 cm³/mol. The number of aromatic nitrogens is 3. The number of fused-ring (bicyclic) bond motifs is 2. The Morgan fingerprint density at radius 2 is 1.91 bits per heavy atom. The maximum Gasteiger partial charge on any atom is 0.269 e. The Morgan fingerprint density at radius 3 is 2.71 bits per heavy atom. The standard InChI is InChI=1S/C25H30N4O5/c1-32-19-6-7-20-21(11-19)29(25(31)14-28-20)15-22(30)16-2-4-17(5-3-16)26-12-18-10-23-24(13-27-18)34-9-8-33-23/h6-7,10-11,13-14,16-17,22,26,30H,2-5,8-9,12,15H2,1H3/t16?,17?,22-/m0/s1. The fraction of sp³-hybridized carbons (Fsp3) is 0.480. The van der Waals surface area contributed by atoms with Crippen LogP contribution in [0.1, 0.15) is 31.4 Å². The van der Waals surface area contributed by atoms with Crippen molar-refractivity contribution in [3.05, 3.63) is 52.7 Å². The van der Waals surface area contributed by atoms with E-state index in [9.17, 15) is 9.90 Å². The van der Waals surface area contributed by atoms with Crippen molar-refractivity contribution in [1.82, 2.24) is 19.9 Å². The third kappa shape index (κ3) is 4.85. The fourth-order valence-corrected chi connectivity index (χ4v) is 4.84. The van der Waals surface area contributed by atoms with Gasteiger partial charge >= 0.3 is 0 Å². The number of nitrogens with zero attached hydrogens (tertiary/aromatic N) is 3. The molecule has 2 aliphatic rings. The minimum absolute atomic E-state index is 0.145. The Kier molecular flexibility index (Phi) is 6.64. The van der Waals surface area contributed by atoms with Crippen molar-refractivity contribution in [1.29, 1.82) is 0 Å². The summed E-state index contributed by atoms with van der Waals surface area (Å²) in [5.74, 6) is 2.25. The number of nitrogens with one attached hydrogen (secondary N) is 1. The van der Waals surface area contributed by atoms with Gasteiger partial charge in [-0.05, 0) is 43.7 Å². The van der Waals surface area contributed by atoms with Crippen LogP contribution >= 0.6 is 0 Å². The van der Waals surface area contributed by atoms with Gasteiger partial charge in [-0.2, -0.15) is 0 Å². The maximum atomic E-state index is 12.5. The first-order chi connectivity index (χ1) is 16.6. The molecule has 1 atom stereocenters. The molecule has 9 nitrogen and oxygen atoms in total. The van der Waals surface area contributed by atoms with Crippen LogP contribution in [0.25, 0.3) is 11.0 Å². The van der Waals surface area contributed by atoms with Crippen molar-refractivity contribution >= 4 is 11.0 Å². The van der Waals surface area contributed by atoms with Gasteiger partial charge in [0.1, 0.15) is 19.0 Å². The van der Waals surface area contributed by atoms with Crippen LogP contribution in [0.4, 0.5) is 0 Å². The Labute approximate surface area is 197 Å². The highest BCUT2D eigenvalue weighted by Crippen LogP contribution is 2.31. The molecule has 1 aliphatic heterocycles. The lowest BCUT2D eigenvalue weighted by molar-refractivity contribution is 0.0639. The number of pyridine rings is 1. The molecular weight excluding hydrogens is 436 g/mol. The lowest BCUT2D eigenvalue weighted by Crippen LogP contribution is -2.38. The van der Waals surface area contributed by atoms with Gasteiger partial charge in [0.15, 0.2) is 11.5 Å². The van der Waals surface area contributed by atoms with E-state index in [-0.39, 0.29) is 18.0 Å². The average molecular weight is 467 g/mol. The molecule has 0 radical (unpaired) electrons. The highest BCUT2D eigenvalue weighted by Gasteiger charge is 2.27. The topological polar surface area (TPSA) is 108 Å². The van der Waals surface area contributed by atoms with E-state index in [0.29, 0.717) is 48.3 Å². The molecule has 1 aromatic carbocycles. The first kappa shape index (κ1) is 22.6. The molecule has 34 heavy (non-hydrogen) atoms. The number of aliphatic hydroxyl groups is 1. The van der Waals surface area contributed by atoms with E-state index in [4.69, 9.17) is 14.2 Å². The number of aliphatic hydroxyl groups excluding tert-OH is 1. The summed E-state index contributed by atoms with van der Waals surface area (Å²) in [5, 5.41) is 14.6. The summed E-state index contributed by atoms with van der Waals surface area (Å²) in [6, 6.07) is 7.73. The number of benzene rings is 1. The molecule has 180 valence electrons. The highest BCUT2D eigenvalue weighted by molar-refractivity contribution is 5.76. The summed E-state index contributed by atoms with van der Waals surface area (Å²) in [6.07, 6.45) is 6.16. The minimum atomic E-state index is -0.602. The summed E-state index contributed by atoms with van der Waals surface area (Å²) < 4.78 is 18.1. The van der Waals surface area contributed by atoms with Crippen molar-refractivity contribution in [2.45, 2.75) is 50.9 Å². The van der Waals surface area contributed by atoms with Gasteiger partial charge in [0.05, 0.1) is 48.9 Å². The first-order valence-corrected chi connectivity index (χ1v) is 11.8. The molecule has 0 saturated heterocycles. The average Bonchev–Trinajstić information content (AvgIpc) is 2.89. The van der Waals surface area contributed by atoms with Gasteiger partial charge in [0.25, 0.3) is 5.56 Å². The Balaban J connectivity index is 1.17. The largest absolute Gasteiger partial charge is 0.497 e. The molecule has 0 bridgehead atoms. The molecule has 2 N–H and O–H groups in total. The molecule has 0 spiro atoms. The van der Waals surface area contributed by atoms with Gasteiger partial charge < -0.3 is 29.2 Å². The van der Waals surface area contributed by atoms with Gasteiger partial charge in [0.2, 0.25) is 0 Å². The molecule has 3 aromatic rings. The van der Waals surface area contributed by atoms with Crippen LogP contribution in [0.15, 0.2) is 41.5 Å². The van der Waals surface area contributed by atoms with E-state index in [1.54, 1.807) is 23.9 Å². The van der Waals surface area contributed by atoms with Crippen LogP contribution in [0.2, 0.25) is 0 Å². The summed E-state index contributed by atoms with van der Waals surface area (Å²) in [5.41, 5.74) is 2.08. The van der Waals surface area contributed by atoms with Gasteiger partial charge in [0, 0.05) is 24.7 Å². The Morgan fingerprint density at radius 1 is 1.12 bits per heavy atom. The van der Waals surface area contributed by atoms with E-state index in [1.807, 2.05) is 18.2 Å². The number of hydrogen-bond acceptors (Lipinski definition) is 8. The first-order valence-electron chi connectivity index (χ1n) is 11.8. The van der Waals surface area contributed by atoms with E-state index >= 15 is 0 Å². The lowest BCUT2D eigenvalue weighted by atomic mass is 9.82. The second-order valence-corrected chi connectivity index (χ2v) is 8.94. The third-order valence-corrected chi connectivity index (χ3v) is 6.80. The number of hydrogen-bond donors (Lipinski definition) is 2. The van der Waals surface area contributed by atoms with E-state index in [0.717, 1.165) is 37.1 Å². The van der Waals surface area contributed by atoms with E-state index in [1.165, 1.54) is 6.20 Å². The Hall–Kier alpha value is -3.17. The van der Waals surface area contributed by atoms with Crippen molar-refractivity contribution in [3.63, 3.8) is 0 Å². The molecule has 3 heterocycles. The molecule has 2 aromatic heterocycles. The molecule has 0 amide bonds. The highest BCUT2D eigenvalue weighted by atomic mass is 16.6. The summed E-state index contributed by atoms with van der Waals surface area (Å²) in [7, 11) is 1.59. The molecular formula is C25H30N4O5.